The van der Waals surface area contributed by atoms with Crippen LogP contribution in [-0.2, 0) is 6.42 Å². The number of aromatic hydroxyl groups is 1. The Morgan fingerprint density at radius 1 is 1.07 bits per heavy atom. The van der Waals surface area contributed by atoms with Gasteiger partial charge in [-0.2, -0.15) is 0 Å². The van der Waals surface area contributed by atoms with Crippen LogP contribution < -0.4 is 4.74 Å². The summed E-state index contributed by atoms with van der Waals surface area (Å²) in [5, 5.41) is 9.89. The monoisotopic (exact) mass is 192 g/mol. The predicted molar refractivity (Wildman–Crippen MR) is 56.1 cm³/mol. The van der Waals surface area contributed by atoms with Crippen LogP contribution in [0.25, 0.3) is 0 Å². The van der Waals surface area contributed by atoms with Crippen molar-refractivity contribution in [2.24, 2.45) is 0 Å². The van der Waals surface area contributed by atoms with Crippen molar-refractivity contribution < 1.29 is 9.84 Å². The highest BCUT2D eigenvalue weighted by atomic mass is 16.5. The molecule has 0 aliphatic carbocycles. The first-order chi connectivity index (χ1) is 6.63. The standard InChI is InChI=1S/C12H16O2/c1-7-8(2)12-10(5-4-6-14-12)9(3)11(7)13/h13H,4-6H2,1-3H3. The third kappa shape index (κ3) is 1.17. The number of ether oxygens (including phenoxy) is 1. The van der Waals surface area contributed by atoms with Gasteiger partial charge in [0.25, 0.3) is 0 Å². The van der Waals surface area contributed by atoms with Crippen LogP contribution in [0.1, 0.15) is 28.7 Å². The van der Waals surface area contributed by atoms with Gasteiger partial charge in [-0.3, -0.25) is 0 Å². The lowest BCUT2D eigenvalue weighted by molar-refractivity contribution is 0.284. The molecule has 0 bridgehead atoms. The topological polar surface area (TPSA) is 29.5 Å². The second kappa shape index (κ2) is 3.19. The molecule has 2 rings (SSSR count). The van der Waals surface area contributed by atoms with Crippen LogP contribution >= 0.6 is 0 Å². The van der Waals surface area contributed by atoms with E-state index in [1.165, 1.54) is 5.56 Å². The largest absolute Gasteiger partial charge is 0.507 e. The quantitative estimate of drug-likeness (QED) is 0.684. The van der Waals surface area contributed by atoms with Gasteiger partial charge in [-0.25, -0.2) is 0 Å². The summed E-state index contributed by atoms with van der Waals surface area (Å²) in [7, 11) is 0. The van der Waals surface area contributed by atoms with E-state index in [0.717, 1.165) is 41.9 Å². The van der Waals surface area contributed by atoms with E-state index in [4.69, 9.17) is 4.74 Å². The fourth-order valence-electron chi connectivity index (χ4n) is 2.09. The van der Waals surface area contributed by atoms with Gasteiger partial charge in [0, 0.05) is 5.56 Å². The molecule has 0 unspecified atom stereocenters. The lowest BCUT2D eigenvalue weighted by Gasteiger charge is -2.23. The Hall–Kier alpha value is -1.18. The number of phenolic OH excluding ortho intramolecular Hbond substituents is 1. The maximum absolute atomic E-state index is 9.89. The molecule has 1 aromatic rings. The fraction of sp³-hybridized carbons (Fsp3) is 0.500. The summed E-state index contributed by atoms with van der Waals surface area (Å²) in [5.41, 5.74) is 4.21. The van der Waals surface area contributed by atoms with E-state index in [1.807, 2.05) is 20.8 Å². The van der Waals surface area contributed by atoms with Crippen molar-refractivity contribution >= 4 is 0 Å². The van der Waals surface area contributed by atoms with Crippen LogP contribution in [-0.4, -0.2) is 11.7 Å². The zero-order chi connectivity index (χ0) is 10.3. The Labute approximate surface area is 84.5 Å². The molecule has 1 N–H and O–H groups in total. The molecular weight excluding hydrogens is 176 g/mol. The maximum Gasteiger partial charge on any atom is 0.126 e. The van der Waals surface area contributed by atoms with Gasteiger partial charge < -0.3 is 9.84 Å². The molecule has 1 aliphatic rings. The Balaban J connectivity index is 2.71. The number of rotatable bonds is 0. The summed E-state index contributed by atoms with van der Waals surface area (Å²) in [4.78, 5) is 0. The number of phenols is 1. The fourth-order valence-corrected chi connectivity index (χ4v) is 2.09. The van der Waals surface area contributed by atoms with Crippen molar-refractivity contribution in [1.29, 1.82) is 0 Å². The lowest BCUT2D eigenvalue weighted by atomic mass is 9.93. The summed E-state index contributed by atoms with van der Waals surface area (Å²) in [6.07, 6.45) is 2.08. The van der Waals surface area contributed by atoms with E-state index < -0.39 is 0 Å². The highest BCUT2D eigenvalue weighted by Crippen LogP contribution is 2.39. The van der Waals surface area contributed by atoms with Crippen molar-refractivity contribution in [3.63, 3.8) is 0 Å². The first kappa shape index (κ1) is 9.38. The Bertz CT molecular complexity index is 344. The number of benzene rings is 1. The van der Waals surface area contributed by atoms with Crippen molar-refractivity contribution in [1.82, 2.24) is 0 Å². The average Bonchev–Trinajstić information content (AvgIpc) is 2.23. The summed E-state index contributed by atoms with van der Waals surface area (Å²) in [6.45, 7) is 6.72. The minimum atomic E-state index is 0.437. The number of hydrogen-bond acceptors (Lipinski definition) is 2. The smallest absolute Gasteiger partial charge is 0.126 e. The first-order valence-electron chi connectivity index (χ1n) is 5.07. The molecule has 0 atom stereocenters. The minimum absolute atomic E-state index is 0.437. The number of fused-ring (bicyclic) bond motifs is 1. The predicted octanol–water partition coefficient (Wildman–Crippen LogP) is 2.64. The molecular formula is C12H16O2. The van der Waals surface area contributed by atoms with E-state index >= 15 is 0 Å². The zero-order valence-electron chi connectivity index (χ0n) is 8.98. The molecule has 0 spiro atoms. The van der Waals surface area contributed by atoms with Crippen LogP contribution in [0.2, 0.25) is 0 Å². The van der Waals surface area contributed by atoms with E-state index in [0.29, 0.717) is 5.75 Å². The average molecular weight is 192 g/mol. The van der Waals surface area contributed by atoms with E-state index in [2.05, 4.69) is 0 Å². The SMILES string of the molecule is Cc1c(C)c2c(c(C)c1O)CCCO2. The summed E-state index contributed by atoms with van der Waals surface area (Å²) >= 11 is 0. The molecule has 76 valence electrons. The summed E-state index contributed by atoms with van der Waals surface area (Å²) in [5.74, 6) is 1.44. The molecule has 2 nitrogen and oxygen atoms in total. The molecule has 0 saturated carbocycles. The van der Waals surface area contributed by atoms with Crippen molar-refractivity contribution in [3.05, 3.63) is 22.3 Å². The molecule has 0 amide bonds. The molecule has 0 fully saturated rings. The van der Waals surface area contributed by atoms with Crippen molar-refractivity contribution in [2.75, 3.05) is 6.61 Å². The molecule has 1 aliphatic heterocycles. The highest BCUT2D eigenvalue weighted by molar-refractivity contribution is 5.57. The molecule has 14 heavy (non-hydrogen) atoms. The molecule has 2 heteroatoms. The third-order valence-corrected chi connectivity index (χ3v) is 3.16. The normalized spacial score (nSPS) is 14.8. The minimum Gasteiger partial charge on any atom is -0.507 e. The third-order valence-electron chi connectivity index (χ3n) is 3.16. The van der Waals surface area contributed by atoms with E-state index in [9.17, 15) is 5.11 Å². The summed E-state index contributed by atoms with van der Waals surface area (Å²) < 4.78 is 5.66. The van der Waals surface area contributed by atoms with Gasteiger partial charge >= 0.3 is 0 Å². The van der Waals surface area contributed by atoms with Crippen molar-refractivity contribution in [2.45, 2.75) is 33.6 Å². The molecule has 0 radical (unpaired) electrons. The Morgan fingerprint density at radius 2 is 1.79 bits per heavy atom. The van der Waals surface area contributed by atoms with Crippen molar-refractivity contribution in [3.8, 4) is 11.5 Å². The molecule has 1 heterocycles. The summed E-state index contributed by atoms with van der Waals surface area (Å²) in [6, 6.07) is 0. The van der Waals surface area contributed by atoms with E-state index in [1.54, 1.807) is 0 Å². The Morgan fingerprint density at radius 3 is 2.50 bits per heavy atom. The van der Waals surface area contributed by atoms with Gasteiger partial charge in [-0.15, -0.1) is 0 Å². The zero-order valence-corrected chi connectivity index (χ0v) is 8.98. The van der Waals surface area contributed by atoms with Crippen LogP contribution in [0.4, 0.5) is 0 Å². The van der Waals surface area contributed by atoms with E-state index in [-0.39, 0.29) is 0 Å². The molecule has 0 aromatic heterocycles. The van der Waals surface area contributed by atoms with Crippen LogP contribution in [0.15, 0.2) is 0 Å². The Kier molecular flexibility index (Phi) is 2.14. The van der Waals surface area contributed by atoms with Gasteiger partial charge in [0.1, 0.15) is 11.5 Å². The van der Waals surface area contributed by atoms with Gasteiger partial charge in [-0.05, 0) is 50.3 Å². The number of hydrogen-bond donors (Lipinski definition) is 1. The molecule has 0 saturated heterocycles. The van der Waals surface area contributed by atoms with Crippen LogP contribution in [0.3, 0.4) is 0 Å². The van der Waals surface area contributed by atoms with Gasteiger partial charge in [-0.1, -0.05) is 0 Å². The van der Waals surface area contributed by atoms with Crippen LogP contribution in [0.5, 0.6) is 11.5 Å². The second-order valence-corrected chi connectivity index (χ2v) is 3.98. The second-order valence-electron chi connectivity index (χ2n) is 3.98. The lowest BCUT2D eigenvalue weighted by Crippen LogP contribution is -2.12. The van der Waals surface area contributed by atoms with Gasteiger partial charge in [0.05, 0.1) is 6.61 Å². The van der Waals surface area contributed by atoms with Gasteiger partial charge in [0.2, 0.25) is 0 Å². The van der Waals surface area contributed by atoms with Crippen LogP contribution in [0, 0.1) is 20.8 Å². The first-order valence-corrected chi connectivity index (χ1v) is 5.07. The molecule has 1 aromatic carbocycles. The maximum atomic E-state index is 9.89. The van der Waals surface area contributed by atoms with Gasteiger partial charge in [0.15, 0.2) is 0 Å². The highest BCUT2D eigenvalue weighted by Gasteiger charge is 2.20.